The molecule has 0 aliphatic heterocycles. The molecular weight excluding hydrogens is 325 g/mol. The van der Waals surface area contributed by atoms with Gasteiger partial charge in [-0.25, -0.2) is 4.39 Å². The minimum atomic E-state index is -3.08. The second-order valence-electron chi connectivity index (χ2n) is 5.21. The molecule has 0 unspecified atom stereocenters. The van der Waals surface area contributed by atoms with Gasteiger partial charge in [0.05, 0.1) is 12.1 Å². The number of pyridine rings is 1. The minimum Gasteiger partial charge on any atom is -0.434 e. The van der Waals surface area contributed by atoms with E-state index in [0.29, 0.717) is 0 Å². The van der Waals surface area contributed by atoms with Gasteiger partial charge in [0, 0.05) is 31.9 Å². The normalized spacial score (nSPS) is 10.8. The second kappa shape index (κ2) is 7.20. The fourth-order valence-electron chi connectivity index (χ4n) is 2.11. The van der Waals surface area contributed by atoms with Crippen LogP contribution in [0.25, 0.3) is 0 Å². The van der Waals surface area contributed by atoms with Crippen LogP contribution in [0, 0.1) is 5.82 Å². The smallest absolute Gasteiger partial charge is 0.387 e. The third-order valence-electron chi connectivity index (χ3n) is 3.22. The van der Waals surface area contributed by atoms with Crippen LogP contribution < -0.4 is 10.3 Å². The molecule has 0 bridgehead atoms. The lowest BCUT2D eigenvalue weighted by Gasteiger charge is -2.14. The van der Waals surface area contributed by atoms with Gasteiger partial charge in [-0.05, 0) is 24.3 Å². The van der Waals surface area contributed by atoms with Crippen LogP contribution in [0.3, 0.4) is 0 Å². The summed E-state index contributed by atoms with van der Waals surface area (Å²) in [6, 6.07) is 5.60. The molecule has 0 saturated heterocycles. The molecule has 0 spiro atoms. The summed E-state index contributed by atoms with van der Waals surface area (Å²) in [5, 5.41) is 0. The largest absolute Gasteiger partial charge is 0.434 e. The Bertz CT molecular complexity index is 803. The molecule has 8 heteroatoms. The maximum atomic E-state index is 13.4. The van der Waals surface area contributed by atoms with Crippen LogP contribution in [-0.2, 0) is 6.54 Å². The predicted molar refractivity (Wildman–Crippen MR) is 80.9 cm³/mol. The van der Waals surface area contributed by atoms with Crippen molar-refractivity contribution in [3.63, 3.8) is 0 Å². The number of amides is 1. The van der Waals surface area contributed by atoms with Gasteiger partial charge in [0.15, 0.2) is 0 Å². The lowest BCUT2D eigenvalue weighted by Crippen LogP contribution is -2.26. The Morgan fingerprint density at radius 3 is 2.58 bits per heavy atom. The van der Waals surface area contributed by atoms with Crippen molar-refractivity contribution >= 4 is 5.91 Å². The van der Waals surface area contributed by atoms with Crippen molar-refractivity contribution in [2.24, 2.45) is 0 Å². The highest BCUT2D eigenvalue weighted by molar-refractivity contribution is 5.93. The maximum Gasteiger partial charge on any atom is 0.387 e. The number of hydrogen-bond acceptors (Lipinski definition) is 3. The molecule has 1 amide bonds. The molecule has 24 heavy (non-hydrogen) atoms. The van der Waals surface area contributed by atoms with E-state index in [1.54, 1.807) is 14.1 Å². The molecule has 0 atom stereocenters. The lowest BCUT2D eigenvalue weighted by molar-refractivity contribution is -0.0505. The summed E-state index contributed by atoms with van der Waals surface area (Å²) in [7, 11) is 3.11. The zero-order chi connectivity index (χ0) is 17.9. The molecule has 0 N–H and O–H groups in total. The molecule has 0 fully saturated rings. The van der Waals surface area contributed by atoms with E-state index >= 15 is 0 Å². The van der Waals surface area contributed by atoms with Gasteiger partial charge in [-0.15, -0.1) is 0 Å². The highest BCUT2D eigenvalue weighted by Gasteiger charge is 2.14. The topological polar surface area (TPSA) is 51.5 Å². The number of benzene rings is 1. The standard InChI is InChI=1S/C16H15F3N2O3/c1-20(2)15(23)10-3-6-14(22)21(8-10)9-11-7-12(17)4-5-13(11)24-16(18)19/h3-8,16H,9H2,1-2H3. The number of ether oxygens (including phenoxy) is 1. The number of alkyl halides is 2. The van der Waals surface area contributed by atoms with Crippen molar-refractivity contribution in [3.05, 3.63) is 63.8 Å². The molecule has 1 heterocycles. The molecule has 0 saturated carbocycles. The zero-order valence-corrected chi connectivity index (χ0v) is 13.0. The third kappa shape index (κ3) is 4.15. The van der Waals surface area contributed by atoms with Gasteiger partial charge in [-0.1, -0.05) is 0 Å². The van der Waals surface area contributed by atoms with Gasteiger partial charge < -0.3 is 14.2 Å². The van der Waals surface area contributed by atoms with Crippen LogP contribution in [-0.4, -0.2) is 36.1 Å². The molecule has 2 rings (SSSR count). The highest BCUT2D eigenvalue weighted by atomic mass is 19.3. The Morgan fingerprint density at radius 1 is 1.25 bits per heavy atom. The number of hydrogen-bond donors (Lipinski definition) is 0. The quantitative estimate of drug-likeness (QED) is 0.839. The van der Waals surface area contributed by atoms with Crippen molar-refractivity contribution < 1.29 is 22.7 Å². The number of carbonyl (C=O) groups excluding carboxylic acids is 1. The summed E-state index contributed by atoms with van der Waals surface area (Å²) >= 11 is 0. The molecular formula is C16H15F3N2O3. The molecule has 0 radical (unpaired) electrons. The fraction of sp³-hybridized carbons (Fsp3) is 0.250. The Morgan fingerprint density at radius 2 is 1.96 bits per heavy atom. The van der Waals surface area contributed by atoms with Crippen LogP contribution in [0.5, 0.6) is 5.75 Å². The predicted octanol–water partition coefficient (Wildman–Crippen LogP) is 2.34. The lowest BCUT2D eigenvalue weighted by atomic mass is 10.2. The molecule has 0 aliphatic rings. The van der Waals surface area contributed by atoms with Crippen molar-refractivity contribution in [1.29, 1.82) is 0 Å². The van der Waals surface area contributed by atoms with E-state index in [1.807, 2.05) is 0 Å². The summed E-state index contributed by atoms with van der Waals surface area (Å²) in [4.78, 5) is 25.2. The van der Waals surface area contributed by atoms with Crippen molar-refractivity contribution in [3.8, 4) is 5.75 Å². The number of rotatable bonds is 5. The Hall–Kier alpha value is -2.77. The van der Waals surface area contributed by atoms with Gasteiger partial charge in [0.1, 0.15) is 11.6 Å². The zero-order valence-electron chi connectivity index (χ0n) is 13.0. The first kappa shape index (κ1) is 17.6. The van der Waals surface area contributed by atoms with Crippen molar-refractivity contribution in [2.75, 3.05) is 14.1 Å². The van der Waals surface area contributed by atoms with E-state index in [-0.39, 0.29) is 29.3 Å². The van der Waals surface area contributed by atoms with Gasteiger partial charge >= 0.3 is 6.61 Å². The van der Waals surface area contributed by atoms with E-state index in [9.17, 15) is 22.8 Å². The number of aromatic nitrogens is 1. The van der Waals surface area contributed by atoms with E-state index in [1.165, 1.54) is 23.2 Å². The van der Waals surface area contributed by atoms with E-state index in [4.69, 9.17) is 0 Å². The molecule has 1 aromatic carbocycles. The number of carbonyl (C=O) groups is 1. The molecule has 5 nitrogen and oxygen atoms in total. The summed E-state index contributed by atoms with van der Waals surface area (Å²) < 4.78 is 43.8. The number of nitrogens with zero attached hydrogens (tertiary/aromatic N) is 2. The average molecular weight is 340 g/mol. The van der Waals surface area contributed by atoms with Crippen LogP contribution >= 0.6 is 0 Å². The maximum absolute atomic E-state index is 13.4. The van der Waals surface area contributed by atoms with Crippen LogP contribution in [0.4, 0.5) is 13.2 Å². The Balaban J connectivity index is 2.41. The molecule has 128 valence electrons. The van der Waals surface area contributed by atoms with Crippen LogP contribution in [0.2, 0.25) is 0 Å². The minimum absolute atomic E-state index is 0.0619. The van der Waals surface area contributed by atoms with Crippen LogP contribution in [0.1, 0.15) is 15.9 Å². The van der Waals surface area contributed by atoms with Gasteiger partial charge in [-0.2, -0.15) is 8.78 Å². The molecule has 0 aliphatic carbocycles. The molecule has 1 aromatic heterocycles. The third-order valence-corrected chi connectivity index (χ3v) is 3.22. The van der Waals surface area contributed by atoms with Gasteiger partial charge in [0.25, 0.3) is 11.5 Å². The Kier molecular flexibility index (Phi) is 5.28. The summed E-state index contributed by atoms with van der Waals surface area (Å²) in [6.45, 7) is -3.29. The summed E-state index contributed by atoms with van der Waals surface area (Å²) in [6.07, 6.45) is 1.29. The van der Waals surface area contributed by atoms with E-state index < -0.39 is 18.0 Å². The van der Waals surface area contributed by atoms with E-state index in [2.05, 4.69) is 4.74 Å². The van der Waals surface area contributed by atoms with Crippen molar-refractivity contribution in [2.45, 2.75) is 13.2 Å². The Labute approximate surface area is 135 Å². The second-order valence-corrected chi connectivity index (χ2v) is 5.21. The fourth-order valence-corrected chi connectivity index (χ4v) is 2.11. The summed E-state index contributed by atoms with van der Waals surface area (Å²) in [5.41, 5.74) is -0.156. The first-order valence-corrected chi connectivity index (χ1v) is 6.93. The SMILES string of the molecule is CN(C)C(=O)c1ccc(=O)n(Cc2cc(F)ccc2OC(F)F)c1. The van der Waals surface area contributed by atoms with Gasteiger partial charge in [-0.3, -0.25) is 9.59 Å². The monoisotopic (exact) mass is 340 g/mol. The van der Waals surface area contributed by atoms with Crippen molar-refractivity contribution in [1.82, 2.24) is 9.47 Å². The van der Waals surface area contributed by atoms with Gasteiger partial charge in [0.2, 0.25) is 0 Å². The highest BCUT2D eigenvalue weighted by Crippen LogP contribution is 2.22. The molecule has 2 aromatic rings. The average Bonchev–Trinajstić information content (AvgIpc) is 2.51. The summed E-state index contributed by atoms with van der Waals surface area (Å²) in [5.74, 6) is -1.21. The van der Waals surface area contributed by atoms with Crippen LogP contribution in [0.15, 0.2) is 41.3 Å². The number of halogens is 3. The van der Waals surface area contributed by atoms with E-state index in [0.717, 1.165) is 22.8 Å². The first-order chi connectivity index (χ1) is 11.3. The first-order valence-electron chi connectivity index (χ1n) is 6.93.